The molecular weight excluding hydrogens is 745 g/mol. The highest BCUT2D eigenvalue weighted by Gasteiger charge is 2.40. The van der Waals surface area contributed by atoms with Crippen LogP contribution >= 0.6 is 0 Å². The Morgan fingerprint density at radius 2 is 1.16 bits per heavy atom. The van der Waals surface area contributed by atoms with Gasteiger partial charge in [0.05, 0.1) is 34.0 Å². The average Bonchev–Trinajstić information content (AvgIpc) is 3.24. The maximum atomic E-state index is 14.5. The standard InChI is InChI=1S/C44H46N4O10/c1-5-31(49)55-19-25(20-56-32(50)6-2)43-45-29-13-9-11-23-15-17-27(39(47-43)35(23)29)37-41(53)38(42(37)54)28-18-16-24-12-10-14-30-36(24)40(28)48-44(46-30)26(21-57-33(51)7-3)22-58-34(52)8-4/h9-18,25-26,43-47,53H,5-8,19-22H2,1-4H3/b38-28-. The normalized spacial score (nSPS) is 17.5. The van der Waals surface area contributed by atoms with Gasteiger partial charge in [-0.1, -0.05) is 76.2 Å². The summed E-state index contributed by atoms with van der Waals surface area (Å²) < 4.78 is 22.0. The zero-order valence-electron chi connectivity index (χ0n) is 32.8. The summed E-state index contributed by atoms with van der Waals surface area (Å²) in [5, 5.41) is 26.5. The second-order valence-electron chi connectivity index (χ2n) is 14.3. The summed E-state index contributed by atoms with van der Waals surface area (Å²) in [7, 11) is 0. The number of hydrogen-bond donors (Lipinski definition) is 4. The first-order valence-electron chi connectivity index (χ1n) is 19.7. The maximum Gasteiger partial charge on any atom is 0.305 e. The van der Waals surface area contributed by atoms with Gasteiger partial charge in [-0.15, -0.1) is 0 Å². The quantitative estimate of drug-likeness (QED) is 0.0900. The Bertz CT molecular complexity index is 2460. The number of nitrogens with zero attached hydrogens (tertiary/aromatic N) is 1. The van der Waals surface area contributed by atoms with Crippen molar-refractivity contribution >= 4 is 79.4 Å². The number of hydrogen-bond acceptors (Lipinski definition) is 14. The fourth-order valence-electron chi connectivity index (χ4n) is 7.40. The molecule has 0 saturated carbocycles. The highest BCUT2D eigenvalue weighted by atomic mass is 16.6. The zero-order chi connectivity index (χ0) is 41.1. The van der Waals surface area contributed by atoms with Gasteiger partial charge in [0.25, 0.3) is 0 Å². The Balaban J connectivity index is 1.32. The van der Waals surface area contributed by atoms with E-state index in [2.05, 4.69) is 16.0 Å². The van der Waals surface area contributed by atoms with Gasteiger partial charge in [-0.2, -0.15) is 0 Å². The summed E-state index contributed by atoms with van der Waals surface area (Å²) in [4.78, 5) is 68.3. The van der Waals surface area contributed by atoms with Crippen LogP contribution in [0.25, 0.3) is 32.7 Å². The topological polar surface area (TPSA) is 191 Å². The number of esters is 4. The lowest BCUT2D eigenvalue weighted by Crippen LogP contribution is -2.44. The van der Waals surface area contributed by atoms with Crippen molar-refractivity contribution in [1.29, 1.82) is 0 Å². The molecule has 2 aliphatic heterocycles. The number of rotatable bonds is 15. The second-order valence-corrected chi connectivity index (χ2v) is 14.3. The molecule has 2 unspecified atom stereocenters. The molecule has 58 heavy (non-hydrogen) atoms. The minimum Gasteiger partial charge on any atom is -0.506 e. The number of Topliss-reactive ketones (excluding diaryl/α,β-unsaturated/α-hetero) is 1. The molecule has 302 valence electrons. The lowest BCUT2D eigenvalue weighted by Gasteiger charge is -2.36. The van der Waals surface area contributed by atoms with E-state index < -0.39 is 53.8 Å². The lowest BCUT2D eigenvalue weighted by atomic mass is 9.80. The number of anilines is 3. The molecule has 0 fully saturated rings. The van der Waals surface area contributed by atoms with E-state index in [1.165, 1.54) is 0 Å². The molecule has 4 aromatic carbocycles. The molecule has 2 heterocycles. The first kappa shape index (κ1) is 39.8. The van der Waals surface area contributed by atoms with Crippen molar-refractivity contribution < 1.29 is 48.0 Å². The number of carbonyl (C=O) groups is 5. The number of aliphatic hydroxyl groups is 1. The van der Waals surface area contributed by atoms with Crippen LogP contribution in [0.2, 0.25) is 0 Å². The number of allylic oxidation sites excluding steroid dienone is 2. The van der Waals surface area contributed by atoms with E-state index >= 15 is 0 Å². The Labute approximate surface area is 334 Å². The van der Waals surface area contributed by atoms with E-state index in [9.17, 15) is 29.1 Å². The van der Waals surface area contributed by atoms with Crippen LogP contribution < -0.4 is 26.5 Å². The highest BCUT2D eigenvalue weighted by Crippen LogP contribution is 2.46. The Kier molecular flexibility index (Phi) is 11.6. The highest BCUT2D eigenvalue weighted by molar-refractivity contribution is 6.52. The van der Waals surface area contributed by atoms with E-state index in [-0.39, 0.29) is 69.0 Å². The van der Waals surface area contributed by atoms with Gasteiger partial charge in [-0.3, -0.25) is 29.0 Å². The summed E-state index contributed by atoms with van der Waals surface area (Å²) in [5.41, 5.74) is 2.73. The minimum absolute atomic E-state index is 0.0401. The van der Waals surface area contributed by atoms with Crippen molar-refractivity contribution in [2.45, 2.75) is 65.7 Å². The van der Waals surface area contributed by atoms with Gasteiger partial charge in [-0.05, 0) is 22.9 Å². The second kappa shape index (κ2) is 17.0. The summed E-state index contributed by atoms with van der Waals surface area (Å²) in [5.74, 6) is -3.29. The van der Waals surface area contributed by atoms with Crippen LogP contribution in [-0.4, -0.2) is 73.5 Å². The smallest absolute Gasteiger partial charge is 0.305 e. The van der Waals surface area contributed by atoms with Crippen LogP contribution in [0, 0.1) is 11.8 Å². The average molecular weight is 791 g/mol. The van der Waals surface area contributed by atoms with Crippen molar-refractivity contribution in [3.05, 3.63) is 82.6 Å². The van der Waals surface area contributed by atoms with E-state index in [0.717, 1.165) is 32.9 Å². The largest absolute Gasteiger partial charge is 0.506 e. The van der Waals surface area contributed by atoms with Crippen molar-refractivity contribution in [3.8, 4) is 0 Å². The molecule has 4 N–H and O–H groups in total. The lowest BCUT2D eigenvalue weighted by molar-refractivity contribution is -0.150. The molecule has 2 atom stereocenters. The number of carbonyl (C=O) groups excluding carboxylic acids is 5. The first-order chi connectivity index (χ1) is 28.1. The molecule has 14 heteroatoms. The van der Waals surface area contributed by atoms with E-state index in [1.54, 1.807) is 39.8 Å². The molecular formula is C44H46N4O10. The van der Waals surface area contributed by atoms with Crippen molar-refractivity contribution in [3.63, 3.8) is 0 Å². The number of benzene rings is 4. The maximum absolute atomic E-state index is 14.5. The Morgan fingerprint density at radius 1 is 0.638 bits per heavy atom. The van der Waals surface area contributed by atoms with Crippen LogP contribution in [0.5, 0.6) is 0 Å². The number of nitrogens with one attached hydrogen (secondary N) is 3. The minimum atomic E-state index is -0.715. The molecule has 1 aliphatic carbocycles. The monoisotopic (exact) mass is 790 g/mol. The van der Waals surface area contributed by atoms with E-state index in [1.807, 2.05) is 48.5 Å². The number of aliphatic hydroxyl groups excluding tert-OH is 1. The SMILES string of the molecule is CCC(=O)OCC(COC(=O)CC)C1N=c2/c(=C3\C(=O)C(c4ccc5cccc6c5c4NC(C(COC(=O)CC)COC(=O)CC)N6)=C3O)ccc3cccc(c23)N1. The van der Waals surface area contributed by atoms with E-state index in [0.29, 0.717) is 21.8 Å². The first-order valence-corrected chi connectivity index (χ1v) is 19.7. The zero-order valence-corrected chi connectivity index (χ0v) is 32.8. The molecule has 0 bridgehead atoms. The van der Waals surface area contributed by atoms with Gasteiger partial charge >= 0.3 is 23.9 Å². The molecule has 0 aromatic heterocycles. The molecule has 4 aromatic rings. The van der Waals surface area contributed by atoms with Crippen molar-refractivity contribution in [2.75, 3.05) is 42.4 Å². The third-order valence-corrected chi connectivity index (χ3v) is 10.6. The molecule has 0 spiro atoms. The van der Waals surface area contributed by atoms with Gasteiger partial charge in [0.1, 0.15) is 44.5 Å². The fourth-order valence-corrected chi connectivity index (χ4v) is 7.40. The molecule has 7 rings (SSSR count). The van der Waals surface area contributed by atoms with Crippen molar-refractivity contribution in [1.82, 2.24) is 0 Å². The van der Waals surface area contributed by atoms with Crippen LogP contribution in [0.3, 0.4) is 0 Å². The predicted molar refractivity (Wildman–Crippen MR) is 217 cm³/mol. The van der Waals surface area contributed by atoms with Crippen LogP contribution in [0.15, 0.2) is 71.4 Å². The Hall–Kier alpha value is -6.44. The van der Waals surface area contributed by atoms with Gasteiger partial charge in [0.2, 0.25) is 5.78 Å². The van der Waals surface area contributed by atoms with Crippen LogP contribution in [0.4, 0.5) is 17.1 Å². The molecule has 3 aliphatic rings. The molecule has 0 radical (unpaired) electrons. The third-order valence-electron chi connectivity index (χ3n) is 10.6. The van der Waals surface area contributed by atoms with Crippen LogP contribution in [0.1, 0.15) is 58.9 Å². The predicted octanol–water partition coefficient (Wildman–Crippen LogP) is 5.28. The van der Waals surface area contributed by atoms with Gasteiger partial charge in [0.15, 0.2) is 0 Å². The summed E-state index contributed by atoms with van der Waals surface area (Å²) in [6.45, 7) is 6.56. The van der Waals surface area contributed by atoms with Crippen molar-refractivity contribution in [2.24, 2.45) is 16.8 Å². The summed E-state index contributed by atoms with van der Waals surface area (Å²) in [6, 6.07) is 18.7. The Morgan fingerprint density at radius 3 is 1.71 bits per heavy atom. The van der Waals surface area contributed by atoms with Gasteiger partial charge in [-0.25, -0.2) is 0 Å². The molecule has 14 nitrogen and oxygen atoms in total. The number of ether oxygens (including phenoxy) is 4. The van der Waals surface area contributed by atoms with Gasteiger partial charge < -0.3 is 40.0 Å². The fraction of sp³-hybridized carbons (Fsp3) is 0.364. The summed E-state index contributed by atoms with van der Waals surface area (Å²) in [6.07, 6.45) is -0.597. The summed E-state index contributed by atoms with van der Waals surface area (Å²) >= 11 is 0. The molecule has 0 saturated heterocycles. The number of ketones is 1. The third kappa shape index (κ3) is 7.65. The molecule has 0 amide bonds. The van der Waals surface area contributed by atoms with Gasteiger partial charge in [0, 0.05) is 58.6 Å². The van der Waals surface area contributed by atoms with Crippen LogP contribution in [-0.2, 0) is 42.9 Å². The van der Waals surface area contributed by atoms with E-state index in [4.69, 9.17) is 23.9 Å².